The highest BCUT2D eigenvalue weighted by molar-refractivity contribution is 6.23. The molecule has 4 aromatic carbocycles. The number of hydrogen-bond acceptors (Lipinski definition) is 6. The molecule has 0 saturated heterocycles. The Kier molecular flexibility index (Phi) is 6.39. The number of nitrogens with zero attached hydrogens (tertiary/aromatic N) is 2. The fourth-order valence-corrected chi connectivity index (χ4v) is 4.13. The number of fused-ring (bicyclic) bond motifs is 1. The fourth-order valence-electron chi connectivity index (χ4n) is 4.13. The van der Waals surface area contributed by atoms with Crippen molar-refractivity contribution < 1.29 is 14.4 Å². The number of aldehydes is 1. The third kappa shape index (κ3) is 4.33. The van der Waals surface area contributed by atoms with Gasteiger partial charge in [-0.1, -0.05) is 24.1 Å². The Bertz CT molecular complexity index is 1770. The normalized spacial score (nSPS) is 10.1. The highest BCUT2D eigenvalue weighted by Gasteiger charge is 2.21. The molecule has 0 heterocycles. The molecule has 176 valence electrons. The molecule has 4 aromatic rings. The van der Waals surface area contributed by atoms with E-state index in [9.17, 15) is 24.9 Å². The molecule has 4 rings (SSSR count). The summed E-state index contributed by atoms with van der Waals surface area (Å²) in [6.07, 6.45) is 5.98. The Morgan fingerprint density at radius 3 is 2.19 bits per heavy atom. The number of nitriles is 2. The Hall–Kier alpha value is -5.91. The van der Waals surface area contributed by atoms with Crippen molar-refractivity contribution in [2.24, 2.45) is 5.73 Å². The van der Waals surface area contributed by atoms with Gasteiger partial charge < -0.3 is 16.8 Å². The topological polar surface area (TPSA) is 163 Å². The van der Waals surface area contributed by atoms with Gasteiger partial charge in [0.15, 0.2) is 6.29 Å². The van der Waals surface area contributed by atoms with E-state index >= 15 is 0 Å². The van der Waals surface area contributed by atoms with E-state index in [-0.39, 0.29) is 38.6 Å². The van der Waals surface area contributed by atoms with Gasteiger partial charge in [0.25, 0.3) is 5.91 Å². The first-order valence-corrected chi connectivity index (χ1v) is 10.8. The molecule has 0 bridgehead atoms. The molecule has 0 aliphatic heterocycles. The average Bonchev–Trinajstić information content (AvgIpc) is 2.91. The maximum Gasteiger partial charge on any atom is 0.256 e. The molecule has 0 atom stereocenters. The van der Waals surface area contributed by atoms with Crippen LogP contribution < -0.4 is 16.8 Å². The summed E-state index contributed by atoms with van der Waals surface area (Å²) in [5.41, 5.74) is 14.4. The van der Waals surface area contributed by atoms with E-state index in [1.54, 1.807) is 24.3 Å². The molecule has 37 heavy (non-hydrogen) atoms. The van der Waals surface area contributed by atoms with Gasteiger partial charge in [-0.15, -0.1) is 6.42 Å². The summed E-state index contributed by atoms with van der Waals surface area (Å²) in [7, 11) is 0. The molecule has 0 aromatic heterocycles. The first-order chi connectivity index (χ1) is 17.8. The summed E-state index contributed by atoms with van der Waals surface area (Å²) in [6, 6.07) is 19.1. The maximum absolute atomic E-state index is 13.4. The van der Waals surface area contributed by atoms with Gasteiger partial charge in [0.1, 0.15) is 12.1 Å². The van der Waals surface area contributed by atoms with Crippen molar-refractivity contribution in [1.29, 1.82) is 10.5 Å². The monoisotopic (exact) mass is 483 g/mol. The lowest BCUT2D eigenvalue weighted by molar-refractivity contribution is 0.0997. The highest BCUT2D eigenvalue weighted by atomic mass is 16.2. The molecule has 0 aliphatic carbocycles. The largest absolute Gasteiger partial charge is 0.398 e. The third-order valence-electron chi connectivity index (χ3n) is 5.87. The van der Waals surface area contributed by atoms with Crippen molar-refractivity contribution in [1.82, 2.24) is 0 Å². The minimum atomic E-state index is -0.770. The van der Waals surface area contributed by atoms with Crippen LogP contribution in [-0.4, -0.2) is 18.1 Å². The number of primary amides is 1. The van der Waals surface area contributed by atoms with Gasteiger partial charge in [0.05, 0.1) is 11.1 Å². The van der Waals surface area contributed by atoms with E-state index in [1.807, 2.05) is 12.1 Å². The number of benzene rings is 4. The van der Waals surface area contributed by atoms with Crippen molar-refractivity contribution in [3.05, 3.63) is 94.0 Å². The van der Waals surface area contributed by atoms with Crippen molar-refractivity contribution in [2.45, 2.75) is 0 Å². The van der Waals surface area contributed by atoms with Gasteiger partial charge in [-0.2, -0.15) is 10.5 Å². The summed E-state index contributed by atoms with van der Waals surface area (Å²) in [5, 5.41) is 22.0. The first kappa shape index (κ1) is 24.2. The van der Waals surface area contributed by atoms with E-state index < -0.39 is 11.8 Å². The number of nitrogens with two attached hydrogens (primary N) is 2. The van der Waals surface area contributed by atoms with Crippen molar-refractivity contribution in [2.75, 3.05) is 11.1 Å². The number of hydrogen-bond donors (Lipinski definition) is 3. The molecule has 0 aliphatic rings. The van der Waals surface area contributed by atoms with Gasteiger partial charge in [-0.25, -0.2) is 0 Å². The Morgan fingerprint density at radius 1 is 0.865 bits per heavy atom. The summed E-state index contributed by atoms with van der Waals surface area (Å²) in [6.45, 7) is 0. The Balaban J connectivity index is 1.98. The zero-order valence-electron chi connectivity index (χ0n) is 19.2. The molecule has 2 amide bonds. The summed E-state index contributed by atoms with van der Waals surface area (Å²) >= 11 is 0. The smallest absolute Gasteiger partial charge is 0.256 e. The fraction of sp³-hybridized carbons (Fsp3) is 0. The molecule has 0 unspecified atom stereocenters. The lowest BCUT2D eigenvalue weighted by Gasteiger charge is -2.16. The van der Waals surface area contributed by atoms with Crippen LogP contribution in [0.2, 0.25) is 0 Å². The molecular formula is C29H17N5O3. The lowest BCUT2D eigenvalue weighted by Crippen LogP contribution is -2.16. The van der Waals surface area contributed by atoms with E-state index in [4.69, 9.17) is 17.9 Å². The molecular weight excluding hydrogens is 466 g/mol. The van der Waals surface area contributed by atoms with Crippen molar-refractivity contribution in [3.63, 3.8) is 0 Å². The summed E-state index contributed by atoms with van der Waals surface area (Å²) in [5.74, 6) is 1.11. The summed E-state index contributed by atoms with van der Waals surface area (Å²) in [4.78, 5) is 37.8. The molecule has 0 radical (unpaired) electrons. The number of terminal acetylenes is 1. The van der Waals surface area contributed by atoms with Crippen LogP contribution in [0.1, 0.15) is 47.8 Å². The van der Waals surface area contributed by atoms with Gasteiger partial charge in [0.2, 0.25) is 5.91 Å². The second kappa shape index (κ2) is 9.76. The molecule has 5 N–H and O–H groups in total. The maximum atomic E-state index is 13.4. The minimum absolute atomic E-state index is 0.0794. The number of rotatable bonds is 5. The number of nitrogens with one attached hydrogen (secondary N) is 1. The van der Waals surface area contributed by atoms with E-state index in [0.29, 0.717) is 34.4 Å². The number of anilines is 2. The lowest BCUT2D eigenvalue weighted by atomic mass is 9.88. The zero-order chi connectivity index (χ0) is 26.7. The number of amides is 2. The van der Waals surface area contributed by atoms with Crippen LogP contribution >= 0.6 is 0 Å². The van der Waals surface area contributed by atoms with Gasteiger partial charge in [-0.3, -0.25) is 14.4 Å². The van der Waals surface area contributed by atoms with E-state index in [0.717, 1.165) is 0 Å². The number of carbonyl (C=O) groups is 3. The third-order valence-corrected chi connectivity index (χ3v) is 5.87. The zero-order valence-corrected chi connectivity index (χ0v) is 19.2. The van der Waals surface area contributed by atoms with Crippen molar-refractivity contribution >= 4 is 40.2 Å². The molecule has 8 heteroatoms. The minimum Gasteiger partial charge on any atom is -0.398 e. The first-order valence-electron chi connectivity index (χ1n) is 10.8. The Morgan fingerprint density at radius 2 is 1.57 bits per heavy atom. The molecule has 0 spiro atoms. The molecule has 0 saturated carbocycles. The SMILES string of the molecule is C#Cc1ccc(NC(=O)c2ccc(C(N)=O)c3c(-c4ccc(C#N)c(C#N)c4)ccc(C=O)c23)cc1N. The quantitative estimate of drug-likeness (QED) is 0.221. The predicted octanol–water partition coefficient (Wildman–Crippen LogP) is 3.98. The van der Waals surface area contributed by atoms with Crippen LogP contribution in [0.5, 0.6) is 0 Å². The van der Waals surface area contributed by atoms with Gasteiger partial charge >= 0.3 is 0 Å². The highest BCUT2D eigenvalue weighted by Crippen LogP contribution is 2.36. The summed E-state index contributed by atoms with van der Waals surface area (Å²) < 4.78 is 0. The molecule has 0 fully saturated rings. The number of carbonyl (C=O) groups excluding carboxylic acids is 3. The van der Waals surface area contributed by atoms with E-state index in [1.165, 1.54) is 36.4 Å². The Labute approximate surface area is 211 Å². The van der Waals surface area contributed by atoms with Crippen LogP contribution in [-0.2, 0) is 0 Å². The van der Waals surface area contributed by atoms with Crippen LogP contribution in [0.4, 0.5) is 11.4 Å². The predicted molar refractivity (Wildman–Crippen MR) is 139 cm³/mol. The number of nitrogen functional groups attached to an aromatic ring is 1. The molecule has 8 nitrogen and oxygen atoms in total. The van der Waals surface area contributed by atoms with Crippen LogP contribution in [0.3, 0.4) is 0 Å². The van der Waals surface area contributed by atoms with Gasteiger partial charge in [0, 0.05) is 44.4 Å². The van der Waals surface area contributed by atoms with Crippen LogP contribution in [0.25, 0.3) is 21.9 Å². The van der Waals surface area contributed by atoms with Crippen molar-refractivity contribution in [3.8, 4) is 35.6 Å². The van der Waals surface area contributed by atoms with Gasteiger partial charge in [-0.05, 0) is 53.6 Å². The average molecular weight is 483 g/mol. The second-order valence-electron chi connectivity index (χ2n) is 7.98. The van der Waals surface area contributed by atoms with Crippen LogP contribution in [0, 0.1) is 35.0 Å². The van der Waals surface area contributed by atoms with Crippen LogP contribution in [0.15, 0.2) is 60.7 Å². The van der Waals surface area contributed by atoms with E-state index in [2.05, 4.69) is 11.2 Å². The standard InChI is InChI=1S/C29H17N5O3/c1-2-16-5-7-21(12-25(16)32)34-29(37)24-10-9-23(28(33)36)27-22(8-6-19(15-35)26(24)27)17-3-4-18(13-30)20(11-17)14-31/h1,3-12,15H,32H2,(H2,33,36)(H,34,37). The second-order valence-corrected chi connectivity index (χ2v) is 7.98.